The zero-order valence-electron chi connectivity index (χ0n) is 6.68. The molecule has 1 atom stereocenters. The third-order valence-corrected chi connectivity index (χ3v) is 2.22. The van der Waals surface area contributed by atoms with E-state index in [2.05, 4.69) is 6.92 Å². The maximum absolute atomic E-state index is 11.0. The molecule has 0 aromatic carbocycles. The Balaban J connectivity index is 0.000000810. The summed E-state index contributed by atoms with van der Waals surface area (Å²) >= 11 is 0. The first kappa shape index (κ1) is 10.8. The number of hydrogen-bond donors (Lipinski definition) is 0. The minimum atomic E-state index is 0. The van der Waals surface area contributed by atoms with Crippen molar-refractivity contribution in [1.82, 2.24) is 0 Å². The Bertz CT molecular complexity index is 122. The molecule has 0 saturated heterocycles. The van der Waals surface area contributed by atoms with Crippen molar-refractivity contribution in [1.29, 1.82) is 0 Å². The second kappa shape index (κ2) is 4.61. The molecule has 0 N–H and O–H groups in total. The van der Waals surface area contributed by atoms with Gasteiger partial charge in [-0.2, -0.15) is 13.3 Å². The van der Waals surface area contributed by atoms with Gasteiger partial charge in [-0.25, -0.2) is 0 Å². The average Bonchev–Trinajstić information content (AvgIpc) is 1.83. The van der Waals surface area contributed by atoms with E-state index in [0.29, 0.717) is 5.78 Å². The Hall–Kier alpha value is 0.774. The number of carbonyl (C=O) groups excluding carboxylic acids is 1. The molecule has 1 saturated carbocycles. The fraction of sp³-hybridized carbons (Fsp3) is 0.750. The van der Waals surface area contributed by atoms with Gasteiger partial charge in [0.15, 0.2) is 0 Å². The molecule has 10 heavy (non-hydrogen) atoms. The van der Waals surface area contributed by atoms with E-state index < -0.39 is 0 Å². The molecule has 0 amide bonds. The van der Waals surface area contributed by atoms with Crippen LogP contribution in [0.5, 0.6) is 0 Å². The molecular formula is C8H13OY-. The van der Waals surface area contributed by atoms with E-state index in [4.69, 9.17) is 0 Å². The van der Waals surface area contributed by atoms with E-state index in [1.807, 2.05) is 6.92 Å². The van der Waals surface area contributed by atoms with Gasteiger partial charge in [-0.05, 0) is 0 Å². The van der Waals surface area contributed by atoms with Gasteiger partial charge in [0, 0.05) is 39.1 Å². The van der Waals surface area contributed by atoms with Crippen LogP contribution in [0.1, 0.15) is 33.1 Å². The van der Waals surface area contributed by atoms with Crippen LogP contribution in [0.2, 0.25) is 0 Å². The first-order chi connectivity index (χ1) is 4.22. The SMILES string of the molecule is C[C-]1CCCC(=O)C1C.[Y]. The minimum Gasteiger partial charge on any atom is -0.307 e. The summed E-state index contributed by atoms with van der Waals surface area (Å²) in [4.78, 5) is 11.0. The maximum Gasteiger partial charge on any atom is 0.106 e. The van der Waals surface area contributed by atoms with Crippen LogP contribution in [0.25, 0.3) is 0 Å². The maximum atomic E-state index is 11.0. The van der Waals surface area contributed by atoms with E-state index in [1.165, 1.54) is 5.92 Å². The van der Waals surface area contributed by atoms with Crippen LogP contribution >= 0.6 is 0 Å². The number of hydrogen-bond acceptors (Lipinski definition) is 1. The largest absolute Gasteiger partial charge is 0.307 e. The first-order valence-electron chi connectivity index (χ1n) is 3.57. The molecule has 1 radical (unpaired) electrons. The van der Waals surface area contributed by atoms with Crippen LogP contribution in [-0.4, -0.2) is 5.78 Å². The van der Waals surface area contributed by atoms with Gasteiger partial charge in [-0.1, -0.05) is 13.3 Å². The monoisotopic (exact) mass is 214 g/mol. The van der Waals surface area contributed by atoms with Gasteiger partial charge in [0.05, 0.1) is 0 Å². The zero-order chi connectivity index (χ0) is 6.85. The molecule has 55 valence electrons. The van der Waals surface area contributed by atoms with Gasteiger partial charge in [0.25, 0.3) is 0 Å². The van der Waals surface area contributed by atoms with Crippen LogP contribution in [0, 0.1) is 11.8 Å². The molecule has 0 spiro atoms. The first-order valence-corrected chi connectivity index (χ1v) is 3.57. The van der Waals surface area contributed by atoms with E-state index >= 15 is 0 Å². The van der Waals surface area contributed by atoms with Crippen LogP contribution in [0.15, 0.2) is 0 Å². The standard InChI is InChI=1S/C8H13O.Y/c1-6-4-3-5-8(9)7(6)2;/h7H,3-5H2,1-2H3;/q-1;. The fourth-order valence-corrected chi connectivity index (χ4v) is 1.25. The van der Waals surface area contributed by atoms with Gasteiger partial charge in [0.1, 0.15) is 5.78 Å². The summed E-state index contributed by atoms with van der Waals surface area (Å²) in [5.41, 5.74) is 0. The van der Waals surface area contributed by atoms with Crippen molar-refractivity contribution in [2.45, 2.75) is 33.1 Å². The topological polar surface area (TPSA) is 17.1 Å². The van der Waals surface area contributed by atoms with Crippen molar-refractivity contribution in [3.8, 4) is 0 Å². The molecule has 0 heterocycles. The summed E-state index contributed by atoms with van der Waals surface area (Å²) in [6.45, 7) is 4.10. The Morgan fingerprint density at radius 2 is 2.20 bits per heavy atom. The van der Waals surface area contributed by atoms with Gasteiger partial charge < -0.3 is 10.7 Å². The van der Waals surface area contributed by atoms with Crippen LogP contribution in [0.4, 0.5) is 0 Å². The Morgan fingerprint density at radius 1 is 1.60 bits per heavy atom. The van der Waals surface area contributed by atoms with Crippen molar-refractivity contribution in [2.24, 2.45) is 5.92 Å². The van der Waals surface area contributed by atoms with Crippen LogP contribution in [-0.2, 0) is 37.5 Å². The second-order valence-corrected chi connectivity index (χ2v) is 2.89. The van der Waals surface area contributed by atoms with E-state index in [9.17, 15) is 4.79 Å². The average molecular weight is 214 g/mol. The molecule has 2 heteroatoms. The summed E-state index contributed by atoms with van der Waals surface area (Å²) in [6, 6.07) is 0. The van der Waals surface area contributed by atoms with Gasteiger partial charge in [0.2, 0.25) is 0 Å². The van der Waals surface area contributed by atoms with Crippen LogP contribution in [0.3, 0.4) is 0 Å². The Labute approximate surface area is 87.8 Å². The summed E-state index contributed by atoms with van der Waals surface area (Å²) in [5, 5.41) is 0. The third-order valence-electron chi connectivity index (χ3n) is 2.22. The third kappa shape index (κ3) is 2.43. The number of rotatable bonds is 0. The zero-order valence-corrected chi connectivity index (χ0v) is 9.52. The van der Waals surface area contributed by atoms with E-state index in [-0.39, 0.29) is 38.6 Å². The van der Waals surface area contributed by atoms with Crippen LogP contribution < -0.4 is 0 Å². The molecule has 1 aliphatic rings. The van der Waals surface area contributed by atoms with E-state index in [1.54, 1.807) is 0 Å². The summed E-state index contributed by atoms with van der Waals surface area (Å²) in [6.07, 6.45) is 3.04. The van der Waals surface area contributed by atoms with Crippen molar-refractivity contribution in [3.05, 3.63) is 5.92 Å². The number of Topliss-reactive ketones (excluding diaryl/α,β-unsaturated/α-hetero) is 1. The molecule has 1 aliphatic carbocycles. The molecule has 0 aliphatic heterocycles. The Morgan fingerprint density at radius 3 is 2.60 bits per heavy atom. The smallest absolute Gasteiger partial charge is 0.106 e. The predicted molar refractivity (Wildman–Crippen MR) is 36.9 cm³/mol. The van der Waals surface area contributed by atoms with Crippen molar-refractivity contribution < 1.29 is 37.5 Å². The summed E-state index contributed by atoms with van der Waals surface area (Å²) in [7, 11) is 0. The predicted octanol–water partition coefficient (Wildman–Crippen LogP) is 1.97. The molecule has 1 rings (SSSR count). The van der Waals surface area contributed by atoms with E-state index in [0.717, 1.165) is 19.3 Å². The molecule has 0 aromatic rings. The second-order valence-electron chi connectivity index (χ2n) is 2.89. The van der Waals surface area contributed by atoms with Crippen molar-refractivity contribution in [2.75, 3.05) is 0 Å². The quantitative estimate of drug-likeness (QED) is 0.563. The van der Waals surface area contributed by atoms with Crippen molar-refractivity contribution in [3.63, 3.8) is 0 Å². The van der Waals surface area contributed by atoms with Gasteiger partial charge >= 0.3 is 0 Å². The Kier molecular flexibility index (Phi) is 4.97. The molecule has 1 nitrogen and oxygen atoms in total. The molecule has 0 bridgehead atoms. The molecular weight excluding hydrogens is 201 g/mol. The summed E-state index contributed by atoms with van der Waals surface area (Å²) in [5.74, 6) is 2.05. The fourth-order valence-electron chi connectivity index (χ4n) is 1.25. The van der Waals surface area contributed by atoms with Gasteiger partial charge in [-0.3, -0.25) is 0 Å². The molecule has 1 fully saturated rings. The van der Waals surface area contributed by atoms with Crippen molar-refractivity contribution >= 4 is 5.78 Å². The molecule has 0 aromatic heterocycles. The summed E-state index contributed by atoms with van der Waals surface area (Å²) < 4.78 is 0. The minimum absolute atomic E-state index is 0. The number of ketones is 1. The normalized spacial score (nSPS) is 27.8. The van der Waals surface area contributed by atoms with Gasteiger partial charge in [-0.15, -0.1) is 5.92 Å². The molecule has 1 unspecified atom stereocenters. The number of carbonyl (C=O) groups is 1.